The zero-order chi connectivity index (χ0) is 23.1. The van der Waals surface area contributed by atoms with Crippen LogP contribution < -0.4 is 5.73 Å². The highest BCUT2D eigenvalue weighted by Gasteiger charge is 2.38. The molecular formula is C20H31Cl2N2O6+. The minimum atomic E-state index is -2.27. The summed E-state index contributed by atoms with van der Waals surface area (Å²) >= 11 is 12.5. The fourth-order valence-electron chi connectivity index (χ4n) is 3.82. The van der Waals surface area contributed by atoms with Crippen LogP contribution in [0.2, 0.25) is 10.0 Å². The van der Waals surface area contributed by atoms with Crippen molar-refractivity contribution in [3.63, 3.8) is 0 Å². The van der Waals surface area contributed by atoms with Crippen molar-refractivity contribution in [2.45, 2.75) is 39.0 Å². The first kappa shape index (κ1) is 26.6. The van der Waals surface area contributed by atoms with Gasteiger partial charge in [-0.2, -0.15) is 0 Å². The molecule has 0 spiro atoms. The molecule has 10 heteroatoms. The number of carboxylic acid groups (broad SMARTS) is 2. The number of quaternary nitrogens is 1. The molecule has 0 bridgehead atoms. The van der Waals surface area contributed by atoms with E-state index in [-0.39, 0.29) is 0 Å². The number of carboxylic acids is 2. The van der Waals surface area contributed by atoms with Gasteiger partial charge in [0.2, 0.25) is 0 Å². The summed E-state index contributed by atoms with van der Waals surface area (Å²) in [5.41, 5.74) is 7.04. The molecule has 1 heterocycles. The lowest BCUT2D eigenvalue weighted by Crippen LogP contribution is -2.48. The second-order valence-corrected chi connectivity index (χ2v) is 9.02. The molecular weight excluding hydrogens is 435 g/mol. The van der Waals surface area contributed by atoms with Gasteiger partial charge in [0.05, 0.1) is 19.6 Å². The second-order valence-electron chi connectivity index (χ2n) is 8.17. The average molecular weight is 466 g/mol. The van der Waals surface area contributed by atoms with E-state index in [4.69, 9.17) is 49.4 Å². The number of aliphatic hydroxyl groups is 2. The van der Waals surface area contributed by atoms with E-state index >= 15 is 0 Å². The van der Waals surface area contributed by atoms with Gasteiger partial charge in [-0.15, -0.1) is 0 Å². The molecule has 1 fully saturated rings. The largest absolute Gasteiger partial charge is 0.479 e. The predicted octanol–water partition coefficient (Wildman–Crippen LogP) is 1.82. The highest BCUT2D eigenvalue weighted by atomic mass is 35.5. The molecule has 1 aliphatic heterocycles. The lowest BCUT2D eigenvalue weighted by molar-refractivity contribution is -0.933. The van der Waals surface area contributed by atoms with Crippen LogP contribution in [0.5, 0.6) is 0 Å². The Morgan fingerprint density at radius 2 is 1.73 bits per heavy atom. The Morgan fingerprint density at radius 1 is 1.17 bits per heavy atom. The summed E-state index contributed by atoms with van der Waals surface area (Å²) in [6, 6.07) is 5.77. The van der Waals surface area contributed by atoms with Gasteiger partial charge in [-0.1, -0.05) is 37.0 Å². The van der Waals surface area contributed by atoms with Crippen LogP contribution >= 0.6 is 23.2 Å². The van der Waals surface area contributed by atoms with Gasteiger partial charge in [0.15, 0.2) is 12.2 Å². The van der Waals surface area contributed by atoms with E-state index in [1.807, 2.05) is 18.2 Å². The Balaban J connectivity index is 0.000000382. The van der Waals surface area contributed by atoms with Gasteiger partial charge in [0, 0.05) is 40.4 Å². The van der Waals surface area contributed by atoms with Gasteiger partial charge in [-0.05, 0) is 18.2 Å². The fraction of sp³-hybridized carbons (Fsp3) is 0.600. The summed E-state index contributed by atoms with van der Waals surface area (Å²) in [6.45, 7) is 9.87. The molecule has 4 atom stereocenters. The van der Waals surface area contributed by atoms with E-state index in [1.54, 1.807) is 0 Å². The summed E-state index contributed by atoms with van der Waals surface area (Å²) in [5.74, 6) is -2.22. The normalized spacial score (nSPS) is 22.9. The average Bonchev–Trinajstić information content (AvgIpc) is 3.05. The van der Waals surface area contributed by atoms with Crippen LogP contribution in [0.25, 0.3) is 0 Å². The van der Waals surface area contributed by atoms with E-state index in [0.29, 0.717) is 11.8 Å². The summed E-state index contributed by atoms with van der Waals surface area (Å²) in [6.07, 6.45) is -3.31. The van der Waals surface area contributed by atoms with Crippen LogP contribution in [0.4, 0.5) is 0 Å². The van der Waals surface area contributed by atoms with Crippen LogP contribution in [0.3, 0.4) is 0 Å². The first-order valence-electron chi connectivity index (χ1n) is 9.71. The third-order valence-corrected chi connectivity index (χ3v) is 5.67. The Kier molecular flexibility index (Phi) is 10.5. The standard InChI is InChI=1S/C16H25Cl2N2.C4H6O6/c1-12(2)9-20(6-5-13(8-19)10-20)11-14-7-15(17)3-4-16(14)18;5-1(3(7)8)2(6)4(9)10/h3-4,7,12-13H,5-6,8-11,19H2,1-2H3;1-2,5-6H,(H,7,8)(H,9,10)/q+1;/t13-,20?;/m0./s1. The molecule has 8 nitrogen and oxygen atoms in total. The number of hydrogen-bond donors (Lipinski definition) is 5. The topological polar surface area (TPSA) is 141 Å². The van der Waals surface area contributed by atoms with Crippen molar-refractivity contribution >= 4 is 35.1 Å². The summed E-state index contributed by atoms with van der Waals surface area (Å²) in [4.78, 5) is 19.5. The smallest absolute Gasteiger partial charge is 0.335 e. The van der Waals surface area contributed by atoms with Gasteiger partial charge in [0.1, 0.15) is 6.54 Å². The molecule has 0 aromatic heterocycles. The van der Waals surface area contributed by atoms with Gasteiger partial charge in [0.25, 0.3) is 0 Å². The van der Waals surface area contributed by atoms with E-state index in [1.165, 1.54) is 19.5 Å². The van der Waals surface area contributed by atoms with Gasteiger partial charge in [-0.25, -0.2) is 9.59 Å². The summed E-state index contributed by atoms with van der Waals surface area (Å²) in [5, 5.41) is 34.1. The SMILES string of the molecule is CC(C)C[N+]1(Cc2cc(Cl)ccc2Cl)CC[C@@H](CN)C1.O=C(O)C(O)C(O)C(=O)O. The number of rotatable bonds is 8. The maximum atomic E-state index is 9.77. The highest BCUT2D eigenvalue weighted by molar-refractivity contribution is 6.33. The van der Waals surface area contributed by atoms with E-state index < -0.39 is 24.1 Å². The number of halogens is 2. The van der Waals surface area contributed by atoms with Crippen molar-refractivity contribution in [2.75, 3.05) is 26.2 Å². The zero-order valence-corrected chi connectivity index (χ0v) is 18.7. The van der Waals surface area contributed by atoms with Crippen LogP contribution in [0.1, 0.15) is 25.8 Å². The van der Waals surface area contributed by atoms with E-state index in [9.17, 15) is 9.59 Å². The van der Waals surface area contributed by atoms with Crippen LogP contribution in [0, 0.1) is 11.8 Å². The second kappa shape index (κ2) is 11.8. The van der Waals surface area contributed by atoms with Crippen molar-refractivity contribution in [1.82, 2.24) is 0 Å². The Bertz CT molecular complexity index is 715. The van der Waals surface area contributed by atoms with Crippen LogP contribution in [-0.2, 0) is 16.1 Å². The number of benzene rings is 1. The maximum absolute atomic E-state index is 9.77. The molecule has 1 saturated heterocycles. The molecule has 2 rings (SSSR count). The van der Waals surface area contributed by atoms with Crippen molar-refractivity contribution in [2.24, 2.45) is 17.6 Å². The Morgan fingerprint density at radius 3 is 2.17 bits per heavy atom. The molecule has 1 aromatic rings. The monoisotopic (exact) mass is 465 g/mol. The van der Waals surface area contributed by atoms with Gasteiger partial charge >= 0.3 is 11.9 Å². The molecule has 3 unspecified atom stereocenters. The first-order chi connectivity index (χ1) is 13.9. The molecule has 1 aromatic carbocycles. The van der Waals surface area contributed by atoms with E-state index in [2.05, 4.69) is 13.8 Å². The van der Waals surface area contributed by atoms with E-state index in [0.717, 1.165) is 39.7 Å². The minimum absolute atomic E-state index is 0.645. The van der Waals surface area contributed by atoms with Gasteiger partial charge < -0.3 is 30.6 Å². The third kappa shape index (κ3) is 8.02. The number of nitrogens with zero attached hydrogens (tertiary/aromatic N) is 1. The summed E-state index contributed by atoms with van der Waals surface area (Å²) in [7, 11) is 0. The first-order valence-corrected chi connectivity index (χ1v) is 10.5. The molecule has 1 aliphatic rings. The molecule has 0 saturated carbocycles. The zero-order valence-electron chi connectivity index (χ0n) is 17.2. The van der Waals surface area contributed by atoms with Crippen molar-refractivity contribution in [1.29, 1.82) is 0 Å². The lowest BCUT2D eigenvalue weighted by Gasteiger charge is -2.36. The molecule has 0 aliphatic carbocycles. The fourth-order valence-corrected chi connectivity index (χ4v) is 4.20. The van der Waals surface area contributed by atoms with Crippen molar-refractivity contribution in [3.05, 3.63) is 33.8 Å². The molecule has 0 radical (unpaired) electrons. The van der Waals surface area contributed by atoms with Gasteiger partial charge in [-0.3, -0.25) is 0 Å². The van der Waals surface area contributed by atoms with Crippen molar-refractivity contribution < 1.29 is 34.5 Å². The Hall–Kier alpha value is -1.42. The third-order valence-electron chi connectivity index (χ3n) is 5.06. The number of likely N-dealkylation sites (tertiary alicyclic amines) is 1. The number of nitrogens with two attached hydrogens (primary N) is 1. The highest BCUT2D eigenvalue weighted by Crippen LogP contribution is 2.31. The van der Waals surface area contributed by atoms with Crippen LogP contribution in [-0.4, -0.2) is 75.2 Å². The Labute approximate surface area is 186 Å². The number of hydrogen-bond acceptors (Lipinski definition) is 5. The number of carbonyl (C=O) groups is 2. The molecule has 30 heavy (non-hydrogen) atoms. The van der Waals surface area contributed by atoms with Crippen LogP contribution in [0.15, 0.2) is 18.2 Å². The molecule has 0 amide bonds. The lowest BCUT2D eigenvalue weighted by atomic mass is 10.1. The minimum Gasteiger partial charge on any atom is -0.479 e. The maximum Gasteiger partial charge on any atom is 0.335 e. The molecule has 170 valence electrons. The van der Waals surface area contributed by atoms with Crippen molar-refractivity contribution in [3.8, 4) is 0 Å². The predicted molar refractivity (Wildman–Crippen MR) is 114 cm³/mol. The molecule has 6 N–H and O–H groups in total. The quantitative estimate of drug-likeness (QED) is 0.368. The number of aliphatic hydroxyl groups excluding tert-OH is 2. The summed E-state index contributed by atoms with van der Waals surface area (Å²) < 4.78 is 1.10. The number of aliphatic carboxylic acids is 2.